The second-order valence-corrected chi connectivity index (χ2v) is 7.25. The molecule has 4 rings (SSSR count). The number of anilines is 1. The van der Waals surface area contributed by atoms with Crippen LogP contribution < -0.4 is 9.64 Å². The second-order valence-electron chi connectivity index (χ2n) is 6.21. The molecule has 0 unspecified atom stereocenters. The van der Waals surface area contributed by atoms with E-state index in [1.807, 2.05) is 57.4 Å². The molecule has 26 heavy (non-hydrogen) atoms. The van der Waals surface area contributed by atoms with Crippen LogP contribution in [0.2, 0.25) is 0 Å². The number of aromatic nitrogens is 4. The van der Waals surface area contributed by atoms with Crippen molar-refractivity contribution in [2.45, 2.75) is 13.5 Å². The van der Waals surface area contributed by atoms with Crippen molar-refractivity contribution in [1.29, 1.82) is 0 Å². The number of nitrogens with zero attached hydrogens (tertiary/aromatic N) is 5. The maximum Gasteiger partial charge on any atom is 0.235 e. The number of ether oxygens (including phenoxy) is 1. The lowest BCUT2D eigenvalue weighted by atomic mass is 10.2. The van der Waals surface area contributed by atoms with E-state index in [-0.39, 0.29) is 0 Å². The Bertz CT molecular complexity index is 1040. The predicted octanol–water partition coefficient (Wildman–Crippen LogP) is 3.81. The van der Waals surface area contributed by atoms with Gasteiger partial charge in [0.1, 0.15) is 12.4 Å². The monoisotopic (exact) mass is 365 g/mol. The van der Waals surface area contributed by atoms with Crippen LogP contribution in [0.5, 0.6) is 5.75 Å². The maximum absolute atomic E-state index is 5.89. The standard InChI is InChI=1S/C19H19N5OS/c1-13-6-4-5-7-16(13)25-12-17-22-24-18(20-21-19(24)26-17)14-8-10-15(11-9-14)23(2)3/h4-11H,12H2,1-3H3. The summed E-state index contributed by atoms with van der Waals surface area (Å²) in [7, 11) is 4.04. The highest BCUT2D eigenvalue weighted by Crippen LogP contribution is 2.25. The van der Waals surface area contributed by atoms with Gasteiger partial charge in [-0.1, -0.05) is 29.5 Å². The summed E-state index contributed by atoms with van der Waals surface area (Å²) in [6, 6.07) is 16.2. The van der Waals surface area contributed by atoms with Gasteiger partial charge in [-0.05, 0) is 42.8 Å². The van der Waals surface area contributed by atoms with Crippen molar-refractivity contribution in [2.75, 3.05) is 19.0 Å². The van der Waals surface area contributed by atoms with Crippen molar-refractivity contribution in [1.82, 2.24) is 19.8 Å². The largest absolute Gasteiger partial charge is 0.486 e. The van der Waals surface area contributed by atoms with Crippen LogP contribution in [0.3, 0.4) is 0 Å². The molecule has 0 aliphatic rings. The van der Waals surface area contributed by atoms with Gasteiger partial charge in [-0.15, -0.1) is 10.2 Å². The van der Waals surface area contributed by atoms with E-state index in [9.17, 15) is 0 Å². The lowest BCUT2D eigenvalue weighted by molar-refractivity contribution is 0.302. The van der Waals surface area contributed by atoms with E-state index < -0.39 is 0 Å². The molecule has 0 fully saturated rings. The number of fused-ring (bicyclic) bond motifs is 1. The molecule has 2 aromatic carbocycles. The van der Waals surface area contributed by atoms with Crippen LogP contribution in [0.1, 0.15) is 10.6 Å². The molecule has 0 atom stereocenters. The van der Waals surface area contributed by atoms with Gasteiger partial charge in [-0.25, -0.2) is 0 Å². The third kappa shape index (κ3) is 3.13. The highest BCUT2D eigenvalue weighted by atomic mass is 32.1. The topological polar surface area (TPSA) is 55.6 Å². The zero-order valence-corrected chi connectivity index (χ0v) is 15.7. The number of aryl methyl sites for hydroxylation is 1. The molecule has 0 aliphatic heterocycles. The highest BCUT2D eigenvalue weighted by molar-refractivity contribution is 7.16. The summed E-state index contributed by atoms with van der Waals surface area (Å²) in [6.07, 6.45) is 0. The van der Waals surface area contributed by atoms with Gasteiger partial charge in [0.15, 0.2) is 10.8 Å². The van der Waals surface area contributed by atoms with Crippen LogP contribution >= 0.6 is 11.3 Å². The van der Waals surface area contributed by atoms with Gasteiger partial charge in [0.05, 0.1) is 0 Å². The van der Waals surface area contributed by atoms with Gasteiger partial charge < -0.3 is 9.64 Å². The molecule has 0 aliphatic carbocycles. The molecule has 0 amide bonds. The first kappa shape index (κ1) is 16.5. The van der Waals surface area contributed by atoms with Gasteiger partial charge in [-0.2, -0.15) is 9.61 Å². The minimum absolute atomic E-state index is 0.415. The van der Waals surface area contributed by atoms with Crippen LogP contribution in [0.25, 0.3) is 16.3 Å². The molecule has 7 heteroatoms. The summed E-state index contributed by atoms with van der Waals surface area (Å²) >= 11 is 1.49. The molecule has 2 heterocycles. The normalized spacial score (nSPS) is 11.0. The van der Waals surface area contributed by atoms with E-state index in [1.54, 1.807) is 4.52 Å². The fourth-order valence-electron chi connectivity index (χ4n) is 2.66. The van der Waals surface area contributed by atoms with E-state index >= 15 is 0 Å². The van der Waals surface area contributed by atoms with Crippen molar-refractivity contribution in [2.24, 2.45) is 0 Å². The first-order chi connectivity index (χ1) is 12.6. The summed E-state index contributed by atoms with van der Waals surface area (Å²) in [5.41, 5.74) is 3.23. The smallest absolute Gasteiger partial charge is 0.235 e. The summed E-state index contributed by atoms with van der Waals surface area (Å²) in [4.78, 5) is 2.83. The molecule has 0 radical (unpaired) electrons. The Hall–Kier alpha value is -2.93. The Morgan fingerprint density at radius 2 is 1.81 bits per heavy atom. The predicted molar refractivity (Wildman–Crippen MR) is 104 cm³/mol. The molecular formula is C19H19N5OS. The lowest BCUT2D eigenvalue weighted by Gasteiger charge is -2.12. The molecule has 132 valence electrons. The third-order valence-corrected chi connectivity index (χ3v) is 4.99. The molecule has 0 bridgehead atoms. The SMILES string of the molecule is Cc1ccccc1OCc1nn2c(-c3ccc(N(C)C)cc3)nnc2s1. The molecule has 2 aromatic heterocycles. The summed E-state index contributed by atoms with van der Waals surface area (Å²) in [5, 5.41) is 14.0. The van der Waals surface area contributed by atoms with E-state index in [2.05, 4.69) is 32.3 Å². The Morgan fingerprint density at radius 3 is 2.54 bits per heavy atom. The quantitative estimate of drug-likeness (QED) is 0.538. The van der Waals surface area contributed by atoms with Gasteiger partial charge in [-0.3, -0.25) is 0 Å². The third-order valence-electron chi connectivity index (χ3n) is 4.12. The summed E-state index contributed by atoms with van der Waals surface area (Å²) in [6.45, 7) is 2.45. The molecule has 0 saturated heterocycles. The fourth-order valence-corrected chi connectivity index (χ4v) is 3.41. The average Bonchev–Trinajstić information content (AvgIpc) is 3.21. The highest BCUT2D eigenvalue weighted by Gasteiger charge is 2.14. The number of benzene rings is 2. The van der Waals surface area contributed by atoms with Crippen LogP contribution in [0, 0.1) is 6.92 Å². The lowest BCUT2D eigenvalue weighted by Crippen LogP contribution is -2.08. The van der Waals surface area contributed by atoms with Crippen molar-refractivity contribution in [3.8, 4) is 17.1 Å². The first-order valence-electron chi connectivity index (χ1n) is 8.29. The fraction of sp³-hybridized carbons (Fsp3) is 0.211. The minimum Gasteiger partial charge on any atom is -0.486 e. The van der Waals surface area contributed by atoms with Gasteiger partial charge in [0, 0.05) is 25.3 Å². The van der Waals surface area contributed by atoms with Crippen LogP contribution in [0.4, 0.5) is 5.69 Å². The zero-order chi connectivity index (χ0) is 18.1. The van der Waals surface area contributed by atoms with Crippen molar-refractivity contribution in [3.63, 3.8) is 0 Å². The number of hydrogen-bond donors (Lipinski definition) is 0. The Labute approximate surface area is 155 Å². The molecular weight excluding hydrogens is 346 g/mol. The number of para-hydroxylation sites is 1. The summed E-state index contributed by atoms with van der Waals surface area (Å²) in [5.74, 6) is 1.61. The van der Waals surface area contributed by atoms with Crippen LogP contribution in [-0.4, -0.2) is 33.9 Å². The van der Waals surface area contributed by atoms with E-state index in [0.717, 1.165) is 38.4 Å². The zero-order valence-electron chi connectivity index (χ0n) is 14.9. The molecule has 4 aromatic rings. The van der Waals surface area contributed by atoms with Crippen molar-refractivity contribution in [3.05, 3.63) is 59.1 Å². The van der Waals surface area contributed by atoms with Crippen molar-refractivity contribution < 1.29 is 4.74 Å². The molecule has 0 spiro atoms. The van der Waals surface area contributed by atoms with Crippen molar-refractivity contribution >= 4 is 22.0 Å². The average molecular weight is 365 g/mol. The van der Waals surface area contributed by atoms with Crippen LogP contribution in [0.15, 0.2) is 48.5 Å². The molecule has 0 saturated carbocycles. The second kappa shape index (κ2) is 6.76. The number of rotatable bonds is 5. The van der Waals surface area contributed by atoms with Gasteiger partial charge in [0.2, 0.25) is 4.96 Å². The van der Waals surface area contributed by atoms with Crippen LogP contribution in [-0.2, 0) is 6.61 Å². The maximum atomic E-state index is 5.89. The Morgan fingerprint density at radius 1 is 1.04 bits per heavy atom. The van der Waals surface area contributed by atoms with E-state index in [1.165, 1.54) is 11.3 Å². The Balaban J connectivity index is 1.58. The van der Waals surface area contributed by atoms with E-state index in [4.69, 9.17) is 4.74 Å². The molecule has 6 nitrogen and oxygen atoms in total. The van der Waals surface area contributed by atoms with E-state index in [0.29, 0.717) is 6.61 Å². The first-order valence-corrected chi connectivity index (χ1v) is 9.11. The van der Waals surface area contributed by atoms with Gasteiger partial charge >= 0.3 is 0 Å². The van der Waals surface area contributed by atoms with Gasteiger partial charge in [0.25, 0.3) is 0 Å². The summed E-state index contributed by atoms with van der Waals surface area (Å²) < 4.78 is 7.67. The number of hydrogen-bond acceptors (Lipinski definition) is 6. The Kier molecular flexibility index (Phi) is 4.30. The minimum atomic E-state index is 0.415. The molecule has 0 N–H and O–H groups in total.